The summed E-state index contributed by atoms with van der Waals surface area (Å²) >= 11 is 0. The zero-order chi connectivity index (χ0) is 25.7. The van der Waals surface area contributed by atoms with E-state index in [9.17, 15) is 14.7 Å². The lowest BCUT2D eigenvalue weighted by atomic mass is 9.90. The number of benzene rings is 2. The van der Waals surface area contributed by atoms with Crippen molar-refractivity contribution in [2.45, 2.75) is 33.8 Å². The Balaban J connectivity index is 1.34. The second-order valence-corrected chi connectivity index (χ2v) is 9.61. The lowest BCUT2D eigenvalue weighted by Gasteiger charge is -2.17. The standard InChI is InChI=1S/C28H32N2O6/c1-18(2)16-35-28(33)30-14-22(24(15-30)27(31)32)13-20-9-11-23(12-10-20)34-17-25-19(3)36-26(29-25)21-7-5-4-6-8-21/h4-12,18,22,24H,13-17H2,1-3H3,(H,31,32)/t22-,24+/m1/s1. The Morgan fingerprint density at radius 2 is 1.83 bits per heavy atom. The van der Waals surface area contributed by atoms with Crippen LogP contribution in [0.4, 0.5) is 4.79 Å². The van der Waals surface area contributed by atoms with E-state index in [-0.39, 0.29) is 25.0 Å². The van der Waals surface area contributed by atoms with Gasteiger partial charge < -0.3 is 23.9 Å². The van der Waals surface area contributed by atoms with Gasteiger partial charge in [-0.1, -0.05) is 44.2 Å². The van der Waals surface area contributed by atoms with Crippen molar-refractivity contribution < 1.29 is 28.6 Å². The van der Waals surface area contributed by atoms with Crippen LogP contribution in [-0.4, -0.2) is 46.7 Å². The molecule has 1 fully saturated rings. The number of aliphatic carboxylic acids is 1. The van der Waals surface area contributed by atoms with Crippen LogP contribution in [0.2, 0.25) is 0 Å². The number of hydrogen-bond donors (Lipinski definition) is 1. The number of aromatic nitrogens is 1. The Morgan fingerprint density at radius 3 is 2.50 bits per heavy atom. The second kappa shape index (κ2) is 11.3. The molecule has 3 aromatic rings. The topological polar surface area (TPSA) is 102 Å². The average Bonchev–Trinajstić information content (AvgIpc) is 3.46. The summed E-state index contributed by atoms with van der Waals surface area (Å²) in [5.41, 5.74) is 2.63. The zero-order valence-electron chi connectivity index (χ0n) is 20.8. The number of likely N-dealkylation sites (tertiary alicyclic amines) is 1. The number of carboxylic acids is 1. The Morgan fingerprint density at radius 1 is 1.11 bits per heavy atom. The van der Waals surface area contributed by atoms with Crippen molar-refractivity contribution in [2.24, 2.45) is 17.8 Å². The molecule has 1 aliphatic rings. The fourth-order valence-corrected chi connectivity index (χ4v) is 4.28. The smallest absolute Gasteiger partial charge is 0.409 e. The third-order valence-corrected chi connectivity index (χ3v) is 6.27. The predicted molar refractivity (Wildman–Crippen MR) is 134 cm³/mol. The highest BCUT2D eigenvalue weighted by molar-refractivity contribution is 5.74. The first-order valence-corrected chi connectivity index (χ1v) is 12.2. The normalized spacial score (nSPS) is 17.4. The van der Waals surface area contributed by atoms with E-state index in [4.69, 9.17) is 13.9 Å². The molecule has 2 heterocycles. The van der Waals surface area contributed by atoms with E-state index in [1.807, 2.05) is 75.4 Å². The van der Waals surface area contributed by atoms with Crippen LogP contribution >= 0.6 is 0 Å². The largest absolute Gasteiger partial charge is 0.487 e. The minimum Gasteiger partial charge on any atom is -0.487 e. The van der Waals surface area contributed by atoms with Crippen molar-refractivity contribution in [3.8, 4) is 17.2 Å². The molecule has 0 saturated carbocycles. The van der Waals surface area contributed by atoms with Crippen LogP contribution in [0.1, 0.15) is 30.9 Å². The molecule has 1 saturated heterocycles. The first-order valence-electron chi connectivity index (χ1n) is 12.2. The van der Waals surface area contributed by atoms with Gasteiger partial charge in [-0.2, -0.15) is 0 Å². The van der Waals surface area contributed by atoms with Gasteiger partial charge in [0.1, 0.15) is 23.8 Å². The fourth-order valence-electron chi connectivity index (χ4n) is 4.28. The minimum absolute atomic E-state index is 0.167. The predicted octanol–water partition coefficient (Wildman–Crippen LogP) is 5.20. The molecule has 0 aliphatic carbocycles. The maximum absolute atomic E-state index is 12.3. The van der Waals surface area contributed by atoms with Gasteiger partial charge in [-0.05, 0) is 55.0 Å². The third-order valence-electron chi connectivity index (χ3n) is 6.27. The molecular weight excluding hydrogens is 460 g/mol. The summed E-state index contributed by atoms with van der Waals surface area (Å²) in [6, 6.07) is 17.3. The van der Waals surface area contributed by atoms with Crippen LogP contribution in [0.3, 0.4) is 0 Å². The van der Waals surface area contributed by atoms with Crippen molar-refractivity contribution in [1.29, 1.82) is 0 Å². The Labute approximate surface area is 210 Å². The van der Waals surface area contributed by atoms with Gasteiger partial charge in [-0.25, -0.2) is 9.78 Å². The molecule has 36 heavy (non-hydrogen) atoms. The second-order valence-electron chi connectivity index (χ2n) is 9.61. The van der Waals surface area contributed by atoms with Crippen LogP contribution < -0.4 is 4.74 Å². The molecule has 0 radical (unpaired) electrons. The molecule has 8 heteroatoms. The summed E-state index contributed by atoms with van der Waals surface area (Å²) in [4.78, 5) is 30.2. The maximum Gasteiger partial charge on any atom is 0.409 e. The lowest BCUT2D eigenvalue weighted by molar-refractivity contribution is -0.142. The van der Waals surface area contributed by atoms with Crippen LogP contribution in [0, 0.1) is 24.7 Å². The molecule has 4 rings (SSSR count). The number of carboxylic acid groups (broad SMARTS) is 1. The van der Waals surface area contributed by atoms with Gasteiger partial charge in [-0.15, -0.1) is 0 Å². The van der Waals surface area contributed by atoms with E-state index in [0.29, 0.717) is 37.0 Å². The summed E-state index contributed by atoms with van der Waals surface area (Å²) in [5.74, 6) is 0.482. The number of carbonyl (C=O) groups is 2. The van der Waals surface area contributed by atoms with Gasteiger partial charge in [-0.3, -0.25) is 4.79 Å². The SMILES string of the molecule is Cc1oc(-c2ccccc2)nc1COc1ccc(C[C@@H]2CN(C(=O)OCC(C)C)C[C@@H]2C(=O)O)cc1. The fraction of sp³-hybridized carbons (Fsp3) is 0.393. The summed E-state index contributed by atoms with van der Waals surface area (Å²) < 4.78 is 17.0. The van der Waals surface area contributed by atoms with E-state index in [2.05, 4.69) is 4.98 Å². The van der Waals surface area contributed by atoms with Crippen LogP contribution in [0.25, 0.3) is 11.5 Å². The highest BCUT2D eigenvalue weighted by Crippen LogP contribution is 2.29. The van der Waals surface area contributed by atoms with E-state index in [1.54, 1.807) is 0 Å². The molecule has 2 aromatic carbocycles. The highest BCUT2D eigenvalue weighted by Gasteiger charge is 2.40. The van der Waals surface area contributed by atoms with Crippen molar-refractivity contribution >= 4 is 12.1 Å². The van der Waals surface area contributed by atoms with Crippen molar-refractivity contribution in [3.05, 3.63) is 71.6 Å². The first kappa shape index (κ1) is 25.3. The van der Waals surface area contributed by atoms with E-state index in [0.717, 1.165) is 16.8 Å². The summed E-state index contributed by atoms with van der Waals surface area (Å²) in [5, 5.41) is 9.69. The highest BCUT2D eigenvalue weighted by atomic mass is 16.6. The van der Waals surface area contributed by atoms with E-state index >= 15 is 0 Å². The Bertz CT molecular complexity index is 1170. The molecule has 1 N–H and O–H groups in total. The molecule has 0 bridgehead atoms. The lowest BCUT2D eigenvalue weighted by Crippen LogP contribution is -2.31. The molecule has 8 nitrogen and oxygen atoms in total. The minimum atomic E-state index is -0.892. The van der Waals surface area contributed by atoms with Gasteiger partial charge in [0.2, 0.25) is 5.89 Å². The number of nitrogens with zero attached hydrogens (tertiary/aromatic N) is 2. The van der Waals surface area contributed by atoms with Gasteiger partial charge in [0.25, 0.3) is 0 Å². The summed E-state index contributed by atoms with van der Waals surface area (Å²) in [6.45, 7) is 6.91. The van der Waals surface area contributed by atoms with Gasteiger partial charge in [0, 0.05) is 18.7 Å². The summed E-state index contributed by atoms with van der Waals surface area (Å²) in [6.07, 6.45) is 0.105. The molecule has 2 atom stereocenters. The van der Waals surface area contributed by atoms with Gasteiger partial charge in [0.15, 0.2) is 0 Å². The summed E-state index contributed by atoms with van der Waals surface area (Å²) in [7, 11) is 0. The van der Waals surface area contributed by atoms with Crippen molar-refractivity contribution in [2.75, 3.05) is 19.7 Å². The monoisotopic (exact) mass is 492 g/mol. The first-order chi connectivity index (χ1) is 17.3. The number of oxazole rings is 1. The molecule has 1 aromatic heterocycles. The Kier molecular flexibility index (Phi) is 7.93. The molecule has 0 unspecified atom stereocenters. The number of carbonyl (C=O) groups excluding carboxylic acids is 1. The molecule has 0 spiro atoms. The molecule has 1 aliphatic heterocycles. The molecule has 1 amide bonds. The van der Waals surface area contributed by atoms with Gasteiger partial charge >= 0.3 is 12.1 Å². The quantitative estimate of drug-likeness (QED) is 0.438. The van der Waals surface area contributed by atoms with Crippen LogP contribution in [0.15, 0.2) is 59.0 Å². The van der Waals surface area contributed by atoms with Crippen LogP contribution in [-0.2, 0) is 22.6 Å². The van der Waals surface area contributed by atoms with Gasteiger partial charge in [0.05, 0.1) is 12.5 Å². The van der Waals surface area contributed by atoms with Crippen molar-refractivity contribution in [3.63, 3.8) is 0 Å². The van der Waals surface area contributed by atoms with E-state index in [1.165, 1.54) is 4.90 Å². The number of ether oxygens (including phenoxy) is 2. The third kappa shape index (κ3) is 6.24. The number of hydrogen-bond acceptors (Lipinski definition) is 6. The number of amides is 1. The van der Waals surface area contributed by atoms with Crippen LogP contribution in [0.5, 0.6) is 5.75 Å². The maximum atomic E-state index is 12.3. The number of rotatable bonds is 9. The molecule has 190 valence electrons. The van der Waals surface area contributed by atoms with E-state index < -0.39 is 18.0 Å². The zero-order valence-corrected chi connectivity index (χ0v) is 20.8. The van der Waals surface area contributed by atoms with Crippen molar-refractivity contribution in [1.82, 2.24) is 9.88 Å². The average molecular weight is 493 g/mol. The molecular formula is C28H32N2O6. The number of aryl methyl sites for hydroxylation is 1. The Hall–Kier alpha value is -3.81.